The summed E-state index contributed by atoms with van der Waals surface area (Å²) in [4.78, 5) is 2.32. The second-order valence-corrected chi connectivity index (χ2v) is 5.01. The fraction of sp³-hybridized carbons (Fsp3) is 1.00. The van der Waals surface area contributed by atoms with E-state index in [-0.39, 0.29) is 17.9 Å². The van der Waals surface area contributed by atoms with Crippen molar-refractivity contribution in [3.63, 3.8) is 0 Å². The summed E-state index contributed by atoms with van der Waals surface area (Å²) < 4.78 is 0. The normalized spacial score (nSPS) is 19.3. The van der Waals surface area contributed by atoms with Crippen LogP contribution in [0.15, 0.2) is 0 Å². The maximum atomic E-state index is 5.67. The summed E-state index contributed by atoms with van der Waals surface area (Å²) in [5, 5.41) is 0. The van der Waals surface area contributed by atoms with Crippen LogP contribution in [0.5, 0.6) is 0 Å². The Morgan fingerprint density at radius 1 is 1.14 bits per heavy atom. The van der Waals surface area contributed by atoms with Gasteiger partial charge in [-0.05, 0) is 53.8 Å². The van der Waals surface area contributed by atoms with Crippen LogP contribution in [0.25, 0.3) is 0 Å². The highest BCUT2D eigenvalue weighted by molar-refractivity contribution is 5.85. The number of nitrogens with two attached hydrogens (primary N) is 2. The van der Waals surface area contributed by atoms with Crippen molar-refractivity contribution < 1.29 is 0 Å². The molecule has 88 valence electrons. The van der Waals surface area contributed by atoms with E-state index in [0.29, 0.717) is 6.04 Å². The summed E-state index contributed by atoms with van der Waals surface area (Å²) >= 11 is 0. The third kappa shape index (κ3) is 14.7. The lowest BCUT2D eigenvalue weighted by molar-refractivity contribution is 0.256. The molecule has 1 fully saturated rings. The number of likely N-dealkylation sites (tertiary alicyclic amines) is 1. The molecule has 4 N–H and O–H groups in total. The molecule has 1 aliphatic heterocycles. The van der Waals surface area contributed by atoms with Crippen molar-refractivity contribution >= 4 is 12.4 Å². The monoisotopic (exact) mass is 223 g/mol. The van der Waals surface area contributed by atoms with Crippen LogP contribution in [0.1, 0.15) is 33.6 Å². The number of hydrogen-bond donors (Lipinski definition) is 2. The van der Waals surface area contributed by atoms with Gasteiger partial charge < -0.3 is 16.4 Å². The van der Waals surface area contributed by atoms with E-state index < -0.39 is 0 Å². The molecule has 0 aliphatic carbocycles. The van der Waals surface area contributed by atoms with E-state index in [1.807, 2.05) is 20.8 Å². The lowest BCUT2D eigenvalue weighted by atomic mass is 10.1. The molecular formula is C10H26ClN3. The molecule has 1 heterocycles. The lowest BCUT2D eigenvalue weighted by Crippen LogP contribution is -2.37. The van der Waals surface area contributed by atoms with Gasteiger partial charge in [0.2, 0.25) is 0 Å². The number of hydrogen-bond acceptors (Lipinski definition) is 3. The second-order valence-electron chi connectivity index (χ2n) is 5.01. The van der Waals surface area contributed by atoms with E-state index in [2.05, 4.69) is 11.9 Å². The minimum absolute atomic E-state index is 0. The fourth-order valence-corrected chi connectivity index (χ4v) is 1.03. The Hall–Kier alpha value is 0.170. The molecule has 1 rings (SSSR count). The first-order valence-corrected chi connectivity index (χ1v) is 5.02. The van der Waals surface area contributed by atoms with Gasteiger partial charge in [-0.25, -0.2) is 0 Å². The van der Waals surface area contributed by atoms with Gasteiger partial charge in [-0.15, -0.1) is 12.4 Å². The third-order valence-electron chi connectivity index (χ3n) is 1.76. The number of halogens is 1. The Balaban J connectivity index is 0. The maximum absolute atomic E-state index is 5.67. The second kappa shape index (κ2) is 7.46. The highest BCUT2D eigenvalue weighted by atomic mass is 35.5. The molecule has 0 saturated carbocycles. The molecular weight excluding hydrogens is 198 g/mol. The zero-order valence-electron chi connectivity index (χ0n) is 9.92. The summed E-state index contributed by atoms with van der Waals surface area (Å²) in [6.07, 6.45) is 2.35. The van der Waals surface area contributed by atoms with Gasteiger partial charge >= 0.3 is 0 Å². The Labute approximate surface area is 94.6 Å². The zero-order valence-corrected chi connectivity index (χ0v) is 10.7. The van der Waals surface area contributed by atoms with Gasteiger partial charge in [0.1, 0.15) is 0 Å². The van der Waals surface area contributed by atoms with Crippen molar-refractivity contribution in [1.29, 1.82) is 0 Å². The molecule has 0 aromatic carbocycles. The van der Waals surface area contributed by atoms with E-state index in [9.17, 15) is 0 Å². The molecule has 0 radical (unpaired) electrons. The minimum atomic E-state index is 0. The number of piperidine rings is 1. The molecule has 0 aromatic heterocycles. The van der Waals surface area contributed by atoms with E-state index in [1.165, 1.54) is 25.9 Å². The van der Waals surface area contributed by atoms with Crippen molar-refractivity contribution in [1.82, 2.24) is 4.90 Å². The van der Waals surface area contributed by atoms with Crippen LogP contribution in [0.3, 0.4) is 0 Å². The van der Waals surface area contributed by atoms with Gasteiger partial charge in [0.25, 0.3) is 0 Å². The summed E-state index contributed by atoms with van der Waals surface area (Å²) in [5.74, 6) is 0. The SMILES string of the molecule is CC(C)(C)N.CN1CCC(N)CC1.Cl. The Morgan fingerprint density at radius 3 is 1.64 bits per heavy atom. The van der Waals surface area contributed by atoms with Crippen LogP contribution in [0.4, 0.5) is 0 Å². The third-order valence-corrected chi connectivity index (χ3v) is 1.76. The van der Waals surface area contributed by atoms with Gasteiger partial charge in [0.05, 0.1) is 0 Å². The molecule has 0 aromatic rings. The molecule has 0 spiro atoms. The van der Waals surface area contributed by atoms with Crippen molar-refractivity contribution in [2.45, 2.75) is 45.2 Å². The average molecular weight is 224 g/mol. The lowest BCUT2D eigenvalue weighted by Gasteiger charge is -2.25. The summed E-state index contributed by atoms with van der Waals surface area (Å²) in [6, 6.07) is 0.478. The van der Waals surface area contributed by atoms with E-state index in [4.69, 9.17) is 11.5 Å². The molecule has 14 heavy (non-hydrogen) atoms. The van der Waals surface area contributed by atoms with E-state index in [0.717, 1.165) is 0 Å². The van der Waals surface area contributed by atoms with Crippen LogP contribution in [-0.4, -0.2) is 36.6 Å². The molecule has 1 saturated heterocycles. The maximum Gasteiger partial charge on any atom is 0.00686 e. The minimum Gasteiger partial charge on any atom is -0.328 e. The van der Waals surface area contributed by atoms with Gasteiger partial charge in [-0.3, -0.25) is 0 Å². The first-order chi connectivity index (χ1) is 5.79. The molecule has 0 bridgehead atoms. The number of nitrogens with zero attached hydrogens (tertiary/aromatic N) is 1. The molecule has 4 heteroatoms. The molecule has 0 atom stereocenters. The van der Waals surface area contributed by atoms with Crippen molar-refractivity contribution in [3.8, 4) is 0 Å². The van der Waals surface area contributed by atoms with Crippen LogP contribution in [0, 0.1) is 0 Å². The summed E-state index contributed by atoms with van der Waals surface area (Å²) in [5.41, 5.74) is 11.0. The highest BCUT2D eigenvalue weighted by Gasteiger charge is 2.11. The molecule has 1 aliphatic rings. The molecule has 3 nitrogen and oxygen atoms in total. The average Bonchev–Trinajstić information content (AvgIpc) is 1.92. The highest BCUT2D eigenvalue weighted by Crippen LogP contribution is 2.04. The van der Waals surface area contributed by atoms with Crippen LogP contribution < -0.4 is 11.5 Å². The van der Waals surface area contributed by atoms with Gasteiger partial charge in [0.15, 0.2) is 0 Å². The Bertz CT molecular complexity index is 110. The quantitative estimate of drug-likeness (QED) is 0.649. The van der Waals surface area contributed by atoms with Crippen molar-refractivity contribution in [3.05, 3.63) is 0 Å². The summed E-state index contributed by atoms with van der Waals surface area (Å²) in [6.45, 7) is 8.26. The number of rotatable bonds is 0. The Morgan fingerprint density at radius 2 is 1.43 bits per heavy atom. The van der Waals surface area contributed by atoms with Gasteiger partial charge in [-0.2, -0.15) is 0 Å². The predicted molar refractivity (Wildman–Crippen MR) is 65.9 cm³/mol. The topological polar surface area (TPSA) is 55.3 Å². The van der Waals surface area contributed by atoms with Gasteiger partial charge in [-0.1, -0.05) is 0 Å². The molecule has 0 amide bonds. The van der Waals surface area contributed by atoms with Crippen molar-refractivity contribution in [2.24, 2.45) is 11.5 Å². The predicted octanol–water partition coefficient (Wildman–Crippen LogP) is 1.20. The standard InChI is InChI=1S/C6H14N2.C4H11N.ClH/c1-8-4-2-6(7)3-5-8;1-4(2,3)5;/h6H,2-5,7H2,1H3;5H2,1-3H3;1H. The largest absolute Gasteiger partial charge is 0.328 e. The first kappa shape index (κ1) is 16.6. The first-order valence-electron chi connectivity index (χ1n) is 5.02. The van der Waals surface area contributed by atoms with Crippen LogP contribution >= 0.6 is 12.4 Å². The van der Waals surface area contributed by atoms with Crippen LogP contribution in [-0.2, 0) is 0 Å². The summed E-state index contributed by atoms with van der Waals surface area (Å²) in [7, 11) is 2.14. The fourth-order valence-electron chi connectivity index (χ4n) is 1.03. The smallest absolute Gasteiger partial charge is 0.00686 e. The van der Waals surface area contributed by atoms with Gasteiger partial charge in [0, 0.05) is 11.6 Å². The van der Waals surface area contributed by atoms with Crippen molar-refractivity contribution in [2.75, 3.05) is 20.1 Å². The van der Waals surface area contributed by atoms with Crippen LogP contribution in [0.2, 0.25) is 0 Å². The molecule has 0 unspecified atom stereocenters. The van der Waals surface area contributed by atoms with E-state index >= 15 is 0 Å². The zero-order chi connectivity index (χ0) is 10.5. The van der Waals surface area contributed by atoms with E-state index in [1.54, 1.807) is 0 Å². The Kier molecular flexibility index (Phi) is 8.84.